The highest BCUT2D eigenvalue weighted by Gasteiger charge is 2.23. The molecule has 0 aliphatic carbocycles. The fourth-order valence-corrected chi connectivity index (χ4v) is 5.06. The SMILES string of the molecule is CCCCC/C=C\C/C=C\C/C=C\C/C=C\CCCCCC(=O)NCCOP(=O)(O)OCC(O)COC(=O)CCCCCCCC. The highest BCUT2D eigenvalue weighted by Crippen LogP contribution is 2.42. The number of carbonyl (C=O) groups excluding carboxylic acids is 2. The number of ether oxygens (including phenoxy) is 1. The lowest BCUT2D eigenvalue weighted by Gasteiger charge is -2.15. The predicted molar refractivity (Wildman–Crippen MR) is 187 cm³/mol. The van der Waals surface area contributed by atoms with E-state index in [1.54, 1.807) is 0 Å². The molecule has 0 aromatic carbocycles. The van der Waals surface area contributed by atoms with E-state index in [1.807, 2.05) is 0 Å². The van der Waals surface area contributed by atoms with Crippen molar-refractivity contribution in [1.29, 1.82) is 0 Å². The normalized spacial score (nSPS) is 14.1. The summed E-state index contributed by atoms with van der Waals surface area (Å²) in [6, 6.07) is 0. The summed E-state index contributed by atoms with van der Waals surface area (Å²) in [7, 11) is -4.41. The number of phosphoric acid groups is 1. The van der Waals surface area contributed by atoms with Crippen LogP contribution in [-0.4, -0.2) is 54.3 Å². The quantitative estimate of drug-likeness (QED) is 0.0280. The van der Waals surface area contributed by atoms with Crippen LogP contribution in [0.25, 0.3) is 0 Å². The number of hydrogen-bond acceptors (Lipinski definition) is 7. The van der Waals surface area contributed by atoms with Gasteiger partial charge < -0.3 is 20.1 Å². The molecule has 1 amide bonds. The number of carbonyl (C=O) groups is 2. The van der Waals surface area contributed by atoms with E-state index in [4.69, 9.17) is 13.8 Å². The van der Waals surface area contributed by atoms with Crippen molar-refractivity contribution in [3.8, 4) is 0 Å². The first-order valence-corrected chi connectivity index (χ1v) is 19.1. The van der Waals surface area contributed by atoms with Crippen LogP contribution < -0.4 is 5.32 Å². The number of esters is 1. The lowest BCUT2D eigenvalue weighted by molar-refractivity contribution is -0.147. The summed E-state index contributed by atoms with van der Waals surface area (Å²) in [5.74, 6) is -0.562. The Kier molecular flexibility index (Phi) is 31.4. The number of unbranched alkanes of at least 4 members (excludes halogenated alkanes) is 11. The number of allylic oxidation sites excluding steroid dienone is 8. The Bertz CT molecular complexity index is 902. The second-order valence-electron chi connectivity index (χ2n) is 11.5. The van der Waals surface area contributed by atoms with Crippen LogP contribution in [0.2, 0.25) is 0 Å². The van der Waals surface area contributed by atoms with Crippen molar-refractivity contribution in [2.24, 2.45) is 0 Å². The Morgan fingerprint density at radius 2 is 1.17 bits per heavy atom. The molecule has 0 rings (SSSR count). The van der Waals surface area contributed by atoms with Crippen molar-refractivity contribution in [3.05, 3.63) is 48.6 Å². The number of hydrogen-bond donors (Lipinski definition) is 3. The standard InChI is InChI=1S/C36H64NO8P/c1-3-5-7-9-11-12-13-14-15-16-17-18-19-20-21-22-23-24-26-28-35(39)37-30-31-44-46(41,42)45-33-34(38)32-43-36(40)29-27-25-10-8-6-4-2/h11-12,14-15,17-18,20-21,34,38H,3-10,13,16,19,22-33H2,1-2H3,(H,37,39)(H,41,42)/b12-11-,15-14-,18-17-,21-20-. The molecule has 3 N–H and O–H groups in total. The van der Waals surface area contributed by atoms with Gasteiger partial charge in [-0.15, -0.1) is 0 Å². The van der Waals surface area contributed by atoms with Gasteiger partial charge in [0.15, 0.2) is 0 Å². The van der Waals surface area contributed by atoms with Gasteiger partial charge >= 0.3 is 13.8 Å². The monoisotopic (exact) mass is 669 g/mol. The van der Waals surface area contributed by atoms with Crippen LogP contribution in [0.15, 0.2) is 48.6 Å². The van der Waals surface area contributed by atoms with Crippen LogP contribution in [0, 0.1) is 0 Å². The van der Waals surface area contributed by atoms with E-state index in [-0.39, 0.29) is 32.1 Å². The largest absolute Gasteiger partial charge is 0.472 e. The molecular weight excluding hydrogens is 605 g/mol. The molecule has 0 saturated carbocycles. The van der Waals surface area contributed by atoms with Gasteiger partial charge in [-0.2, -0.15) is 0 Å². The van der Waals surface area contributed by atoms with Crippen molar-refractivity contribution in [3.63, 3.8) is 0 Å². The van der Waals surface area contributed by atoms with Gasteiger partial charge in [0.1, 0.15) is 12.7 Å². The van der Waals surface area contributed by atoms with Crippen LogP contribution in [0.3, 0.4) is 0 Å². The summed E-state index contributed by atoms with van der Waals surface area (Å²) in [5.41, 5.74) is 0. The molecule has 46 heavy (non-hydrogen) atoms. The van der Waals surface area contributed by atoms with Crippen molar-refractivity contribution >= 4 is 19.7 Å². The Morgan fingerprint density at radius 1 is 0.674 bits per heavy atom. The van der Waals surface area contributed by atoms with Gasteiger partial charge in [-0.25, -0.2) is 4.57 Å². The zero-order valence-electron chi connectivity index (χ0n) is 28.8. The van der Waals surface area contributed by atoms with E-state index < -0.39 is 26.5 Å². The molecule has 2 unspecified atom stereocenters. The van der Waals surface area contributed by atoms with Crippen LogP contribution >= 0.6 is 7.82 Å². The highest BCUT2D eigenvalue weighted by atomic mass is 31.2. The minimum atomic E-state index is -4.41. The molecule has 0 aromatic heterocycles. The number of rotatable bonds is 32. The van der Waals surface area contributed by atoms with Crippen LogP contribution in [0.1, 0.15) is 136 Å². The molecule has 0 heterocycles. The van der Waals surface area contributed by atoms with E-state index in [0.717, 1.165) is 70.6 Å². The molecule has 0 bridgehead atoms. The minimum absolute atomic E-state index is 0.0631. The average Bonchev–Trinajstić information content (AvgIpc) is 3.04. The van der Waals surface area contributed by atoms with E-state index in [0.29, 0.717) is 6.42 Å². The van der Waals surface area contributed by atoms with Gasteiger partial charge in [-0.05, 0) is 57.8 Å². The average molecular weight is 670 g/mol. The molecule has 0 radical (unpaired) electrons. The van der Waals surface area contributed by atoms with Gasteiger partial charge in [-0.3, -0.25) is 18.6 Å². The van der Waals surface area contributed by atoms with Crippen molar-refractivity contribution < 1.29 is 37.9 Å². The van der Waals surface area contributed by atoms with Gasteiger partial charge in [0.25, 0.3) is 0 Å². The Labute approximate surface area is 279 Å². The van der Waals surface area contributed by atoms with E-state index in [2.05, 4.69) is 67.8 Å². The molecule has 0 spiro atoms. The first-order chi connectivity index (χ1) is 22.3. The number of aliphatic hydroxyl groups is 1. The topological polar surface area (TPSA) is 131 Å². The fraction of sp³-hybridized carbons (Fsp3) is 0.722. The van der Waals surface area contributed by atoms with E-state index >= 15 is 0 Å². The molecule has 2 atom stereocenters. The fourth-order valence-electron chi connectivity index (χ4n) is 4.30. The Morgan fingerprint density at radius 3 is 1.80 bits per heavy atom. The molecule has 0 aliphatic rings. The highest BCUT2D eigenvalue weighted by molar-refractivity contribution is 7.47. The first kappa shape index (κ1) is 44.0. The lowest BCUT2D eigenvalue weighted by Crippen LogP contribution is -2.27. The van der Waals surface area contributed by atoms with Crippen molar-refractivity contribution in [2.45, 2.75) is 142 Å². The number of nitrogens with one attached hydrogen (secondary N) is 1. The molecule has 9 nitrogen and oxygen atoms in total. The summed E-state index contributed by atoms with van der Waals surface area (Å²) in [6.07, 6.45) is 35.0. The van der Waals surface area contributed by atoms with Gasteiger partial charge in [0.2, 0.25) is 5.91 Å². The minimum Gasteiger partial charge on any atom is -0.463 e. The predicted octanol–water partition coefficient (Wildman–Crippen LogP) is 8.82. The summed E-state index contributed by atoms with van der Waals surface area (Å²) in [6.45, 7) is 3.38. The van der Waals surface area contributed by atoms with Crippen molar-refractivity contribution in [1.82, 2.24) is 5.32 Å². The summed E-state index contributed by atoms with van der Waals surface area (Å²) >= 11 is 0. The second kappa shape index (κ2) is 32.9. The lowest BCUT2D eigenvalue weighted by atomic mass is 10.1. The number of phosphoric ester groups is 1. The van der Waals surface area contributed by atoms with Gasteiger partial charge in [0.05, 0.1) is 13.2 Å². The van der Waals surface area contributed by atoms with E-state index in [9.17, 15) is 24.2 Å². The first-order valence-electron chi connectivity index (χ1n) is 17.6. The van der Waals surface area contributed by atoms with Gasteiger partial charge in [0, 0.05) is 19.4 Å². The smallest absolute Gasteiger partial charge is 0.463 e. The molecule has 0 saturated heterocycles. The number of amides is 1. The summed E-state index contributed by atoms with van der Waals surface area (Å²) in [5, 5.41) is 12.5. The molecular formula is C36H64NO8P. The molecule has 266 valence electrons. The molecule has 0 aromatic rings. The zero-order valence-corrected chi connectivity index (χ0v) is 29.6. The van der Waals surface area contributed by atoms with Crippen molar-refractivity contribution in [2.75, 3.05) is 26.4 Å². The maximum absolute atomic E-state index is 12.0. The molecule has 0 aliphatic heterocycles. The molecule has 0 fully saturated rings. The van der Waals surface area contributed by atoms with Crippen LogP contribution in [-0.2, 0) is 27.9 Å². The second-order valence-corrected chi connectivity index (χ2v) is 12.9. The molecule has 10 heteroatoms. The third kappa shape index (κ3) is 33.3. The van der Waals surface area contributed by atoms with Crippen LogP contribution in [0.4, 0.5) is 0 Å². The summed E-state index contributed by atoms with van der Waals surface area (Å²) < 4.78 is 26.6. The third-order valence-corrected chi connectivity index (χ3v) is 8.00. The van der Waals surface area contributed by atoms with E-state index in [1.165, 1.54) is 38.5 Å². The van der Waals surface area contributed by atoms with Gasteiger partial charge in [-0.1, -0.05) is 114 Å². The maximum Gasteiger partial charge on any atom is 0.472 e. The Hall–Kier alpha value is -2.03. The third-order valence-electron chi connectivity index (χ3n) is 7.01. The number of aliphatic hydroxyl groups excluding tert-OH is 1. The zero-order chi connectivity index (χ0) is 34.0. The van der Waals surface area contributed by atoms with Crippen LogP contribution in [0.5, 0.6) is 0 Å². The Balaban J connectivity index is 3.70. The summed E-state index contributed by atoms with van der Waals surface area (Å²) in [4.78, 5) is 33.5. The maximum atomic E-state index is 12.0.